The van der Waals surface area contributed by atoms with Crippen LogP contribution in [0.5, 0.6) is 0 Å². The number of carbonyl (C=O) groups excluding carboxylic acids is 1. The summed E-state index contributed by atoms with van der Waals surface area (Å²) in [5.74, 6) is 0.168. The van der Waals surface area contributed by atoms with Gasteiger partial charge in [0.05, 0.1) is 33.2 Å². The SMILES string of the molecule is CCCCN(C(=O)CSc1nc2cc(S(N)(=O)=O)ccc2n1CC)C1CCS(=O)(=O)C1. The van der Waals surface area contributed by atoms with E-state index >= 15 is 0 Å². The van der Waals surface area contributed by atoms with E-state index in [1.807, 2.05) is 18.4 Å². The van der Waals surface area contributed by atoms with Crippen molar-refractivity contribution in [3.63, 3.8) is 0 Å². The smallest absolute Gasteiger partial charge is 0.238 e. The summed E-state index contributed by atoms with van der Waals surface area (Å²) < 4.78 is 49.0. The lowest BCUT2D eigenvalue weighted by Gasteiger charge is -2.28. The minimum atomic E-state index is -3.84. The first-order valence-corrected chi connectivity index (χ1v) is 14.6. The van der Waals surface area contributed by atoms with E-state index in [4.69, 9.17) is 5.14 Å². The summed E-state index contributed by atoms with van der Waals surface area (Å²) in [7, 11) is -6.92. The third kappa shape index (κ3) is 5.60. The predicted molar refractivity (Wildman–Crippen MR) is 121 cm³/mol. The van der Waals surface area contributed by atoms with E-state index in [-0.39, 0.29) is 34.1 Å². The number of sulfone groups is 1. The molecular formula is C19H28N4O5S3. The maximum Gasteiger partial charge on any atom is 0.238 e. The number of benzene rings is 1. The molecule has 0 radical (unpaired) electrons. The maximum atomic E-state index is 13.0. The first-order valence-electron chi connectivity index (χ1n) is 10.2. The summed E-state index contributed by atoms with van der Waals surface area (Å²) in [6, 6.07) is 4.26. The zero-order valence-corrected chi connectivity index (χ0v) is 20.1. The highest BCUT2D eigenvalue weighted by atomic mass is 32.2. The first-order chi connectivity index (χ1) is 14.6. The van der Waals surface area contributed by atoms with Gasteiger partial charge in [0.25, 0.3) is 0 Å². The van der Waals surface area contributed by atoms with E-state index < -0.39 is 19.9 Å². The number of amides is 1. The Morgan fingerprint density at radius 3 is 2.68 bits per heavy atom. The summed E-state index contributed by atoms with van der Waals surface area (Å²) >= 11 is 1.27. The van der Waals surface area contributed by atoms with E-state index in [0.29, 0.717) is 30.2 Å². The minimum absolute atomic E-state index is 0.0124. The number of hydrogen-bond donors (Lipinski definition) is 1. The van der Waals surface area contributed by atoms with E-state index in [1.54, 1.807) is 11.0 Å². The third-order valence-electron chi connectivity index (χ3n) is 5.38. The summed E-state index contributed by atoms with van der Waals surface area (Å²) in [6.07, 6.45) is 2.21. The Hall–Kier alpha value is -1.63. The lowest BCUT2D eigenvalue weighted by molar-refractivity contribution is -0.130. The number of fused-ring (bicyclic) bond motifs is 1. The second kappa shape index (κ2) is 9.47. The van der Waals surface area contributed by atoms with Gasteiger partial charge < -0.3 is 9.47 Å². The van der Waals surface area contributed by atoms with E-state index in [1.165, 1.54) is 23.9 Å². The molecule has 1 aromatic carbocycles. The van der Waals surface area contributed by atoms with Gasteiger partial charge in [-0.25, -0.2) is 27.0 Å². The molecule has 2 heterocycles. The van der Waals surface area contributed by atoms with Gasteiger partial charge in [-0.15, -0.1) is 0 Å². The number of nitrogens with zero attached hydrogens (tertiary/aromatic N) is 3. The first kappa shape index (κ1) is 24.0. The van der Waals surface area contributed by atoms with Crippen LogP contribution in [0.3, 0.4) is 0 Å². The fraction of sp³-hybridized carbons (Fsp3) is 0.579. The topological polar surface area (TPSA) is 132 Å². The molecule has 0 saturated carbocycles. The van der Waals surface area contributed by atoms with Crippen LogP contribution < -0.4 is 5.14 Å². The lowest BCUT2D eigenvalue weighted by atomic mass is 10.2. The highest BCUT2D eigenvalue weighted by molar-refractivity contribution is 7.99. The minimum Gasteiger partial charge on any atom is -0.338 e. The van der Waals surface area contributed by atoms with Gasteiger partial charge in [-0.2, -0.15) is 0 Å². The van der Waals surface area contributed by atoms with Crippen molar-refractivity contribution in [1.82, 2.24) is 14.5 Å². The molecule has 0 aliphatic carbocycles. The number of aromatic nitrogens is 2. The molecule has 9 nitrogen and oxygen atoms in total. The van der Waals surface area contributed by atoms with E-state index in [0.717, 1.165) is 18.4 Å². The summed E-state index contributed by atoms with van der Waals surface area (Å²) in [6.45, 7) is 5.11. The van der Waals surface area contributed by atoms with Gasteiger partial charge in [-0.1, -0.05) is 25.1 Å². The van der Waals surface area contributed by atoms with Gasteiger partial charge in [0.15, 0.2) is 15.0 Å². The van der Waals surface area contributed by atoms with E-state index in [2.05, 4.69) is 4.98 Å². The normalized spacial score (nSPS) is 18.5. The molecular weight excluding hydrogens is 460 g/mol. The van der Waals surface area contributed by atoms with Crippen molar-refractivity contribution in [3.8, 4) is 0 Å². The highest BCUT2D eigenvalue weighted by Gasteiger charge is 2.34. The zero-order chi connectivity index (χ0) is 22.8. The van der Waals surface area contributed by atoms with Crippen molar-refractivity contribution in [2.24, 2.45) is 5.14 Å². The Labute approximate surface area is 187 Å². The number of rotatable bonds is 9. The van der Waals surface area contributed by atoms with Crippen LogP contribution in [-0.4, -0.2) is 67.0 Å². The number of carbonyl (C=O) groups is 1. The Morgan fingerprint density at radius 1 is 1.35 bits per heavy atom. The average Bonchev–Trinajstić information content (AvgIpc) is 3.24. The summed E-state index contributed by atoms with van der Waals surface area (Å²) in [4.78, 5) is 19.2. The average molecular weight is 489 g/mol. The van der Waals surface area contributed by atoms with Crippen LogP contribution >= 0.6 is 11.8 Å². The van der Waals surface area contributed by atoms with Crippen LogP contribution in [0.4, 0.5) is 0 Å². The van der Waals surface area contributed by atoms with Crippen molar-refractivity contribution < 1.29 is 21.6 Å². The number of nitrogens with two attached hydrogens (primary N) is 1. The van der Waals surface area contributed by atoms with Crippen LogP contribution in [0, 0.1) is 0 Å². The molecule has 0 bridgehead atoms. The molecule has 2 aromatic rings. The number of sulfonamides is 1. The number of hydrogen-bond acceptors (Lipinski definition) is 7. The van der Waals surface area contributed by atoms with Crippen molar-refractivity contribution in [3.05, 3.63) is 18.2 Å². The number of thioether (sulfide) groups is 1. The predicted octanol–water partition coefficient (Wildman–Crippen LogP) is 1.61. The molecule has 1 atom stereocenters. The van der Waals surface area contributed by atoms with Gasteiger partial charge in [0, 0.05) is 19.1 Å². The Bertz CT molecular complexity index is 1170. The van der Waals surface area contributed by atoms with Crippen molar-refractivity contribution in [1.29, 1.82) is 0 Å². The van der Waals surface area contributed by atoms with Crippen LogP contribution in [0.15, 0.2) is 28.3 Å². The third-order valence-corrected chi connectivity index (χ3v) is 9.00. The molecule has 31 heavy (non-hydrogen) atoms. The molecule has 2 N–H and O–H groups in total. The highest BCUT2D eigenvalue weighted by Crippen LogP contribution is 2.27. The molecule has 12 heteroatoms. The Balaban J connectivity index is 1.80. The van der Waals surface area contributed by atoms with Gasteiger partial charge >= 0.3 is 0 Å². The molecule has 1 aliphatic heterocycles. The van der Waals surface area contributed by atoms with Crippen LogP contribution in [0.1, 0.15) is 33.1 Å². The lowest BCUT2D eigenvalue weighted by Crippen LogP contribution is -2.42. The van der Waals surface area contributed by atoms with Crippen LogP contribution in [-0.2, 0) is 31.2 Å². The molecule has 1 aromatic heterocycles. The molecule has 1 saturated heterocycles. The molecule has 172 valence electrons. The van der Waals surface area contributed by atoms with Crippen LogP contribution in [0.25, 0.3) is 11.0 Å². The molecule has 0 spiro atoms. The molecule has 1 fully saturated rings. The monoisotopic (exact) mass is 488 g/mol. The summed E-state index contributed by atoms with van der Waals surface area (Å²) in [5, 5.41) is 5.82. The zero-order valence-electron chi connectivity index (χ0n) is 17.7. The molecule has 1 amide bonds. The number of primary sulfonamides is 1. The second-order valence-corrected chi connectivity index (χ2v) is 12.4. The number of unbranched alkanes of at least 4 members (excludes halogenated alkanes) is 1. The second-order valence-electron chi connectivity index (χ2n) is 7.62. The fourth-order valence-electron chi connectivity index (χ4n) is 3.75. The van der Waals surface area contributed by atoms with Crippen molar-refractivity contribution in [2.75, 3.05) is 23.8 Å². The van der Waals surface area contributed by atoms with Crippen LogP contribution in [0.2, 0.25) is 0 Å². The largest absolute Gasteiger partial charge is 0.338 e. The number of imidazole rings is 1. The standard InChI is InChI=1S/C19H28N4O5S3/c1-3-5-9-23(14-8-10-30(25,26)13-14)18(24)12-29-19-21-16-11-15(31(20,27)28)6-7-17(16)22(19)4-2/h6-7,11,14H,3-5,8-10,12-13H2,1-2H3,(H2,20,27,28). The van der Waals surface area contributed by atoms with Gasteiger partial charge in [-0.05, 0) is 38.0 Å². The Kier molecular flexibility index (Phi) is 7.34. The van der Waals surface area contributed by atoms with Gasteiger partial charge in [-0.3, -0.25) is 4.79 Å². The Morgan fingerprint density at radius 2 is 2.10 bits per heavy atom. The van der Waals surface area contributed by atoms with E-state index in [9.17, 15) is 21.6 Å². The van der Waals surface area contributed by atoms with Gasteiger partial charge in [0.2, 0.25) is 15.9 Å². The van der Waals surface area contributed by atoms with Crippen molar-refractivity contribution in [2.45, 2.75) is 55.7 Å². The quantitative estimate of drug-likeness (QED) is 0.530. The molecule has 1 aliphatic rings. The maximum absolute atomic E-state index is 13.0. The molecule has 3 rings (SSSR count). The number of aryl methyl sites for hydroxylation is 1. The van der Waals surface area contributed by atoms with Gasteiger partial charge in [0.1, 0.15) is 0 Å². The molecule has 1 unspecified atom stereocenters. The fourth-order valence-corrected chi connectivity index (χ4v) is 6.98. The summed E-state index contributed by atoms with van der Waals surface area (Å²) in [5.41, 5.74) is 1.25. The van der Waals surface area contributed by atoms with Crippen molar-refractivity contribution >= 4 is 48.6 Å².